The van der Waals surface area contributed by atoms with Crippen LogP contribution in [0, 0.1) is 10.1 Å². The first-order chi connectivity index (χ1) is 6.63. The summed E-state index contributed by atoms with van der Waals surface area (Å²) in [5, 5.41) is 19.2. The van der Waals surface area contributed by atoms with Crippen LogP contribution in [-0.2, 0) is 0 Å². The van der Waals surface area contributed by atoms with Gasteiger partial charge in [-0.05, 0) is 12.1 Å². The van der Waals surface area contributed by atoms with E-state index in [-0.39, 0.29) is 5.75 Å². The lowest BCUT2D eigenvalue weighted by atomic mass is 10.2. The largest absolute Gasteiger partial charge is 0.508 e. The third-order valence-electron chi connectivity index (χ3n) is 1.59. The SMILES string of the molecule is COc1cc(O)ccc1C=C[N+](=O)[O-]. The molecular weight excluding hydrogens is 186 g/mol. The van der Waals surface area contributed by atoms with Gasteiger partial charge in [-0.3, -0.25) is 10.1 Å². The van der Waals surface area contributed by atoms with Crippen molar-refractivity contribution in [2.75, 3.05) is 7.11 Å². The van der Waals surface area contributed by atoms with Crippen molar-refractivity contribution >= 4 is 6.08 Å². The molecule has 0 aliphatic heterocycles. The van der Waals surface area contributed by atoms with Crippen LogP contribution in [0.5, 0.6) is 11.5 Å². The Kier molecular flexibility index (Phi) is 3.06. The second kappa shape index (κ2) is 4.27. The van der Waals surface area contributed by atoms with E-state index in [1.807, 2.05) is 0 Å². The van der Waals surface area contributed by atoms with Crippen molar-refractivity contribution in [1.29, 1.82) is 0 Å². The Morgan fingerprint density at radius 1 is 1.57 bits per heavy atom. The molecule has 0 fully saturated rings. The van der Waals surface area contributed by atoms with Gasteiger partial charge < -0.3 is 9.84 Å². The fourth-order valence-electron chi connectivity index (χ4n) is 0.979. The molecule has 0 radical (unpaired) electrons. The molecule has 0 amide bonds. The maximum Gasteiger partial charge on any atom is 0.235 e. The van der Waals surface area contributed by atoms with Crippen molar-refractivity contribution < 1.29 is 14.8 Å². The predicted molar refractivity (Wildman–Crippen MR) is 50.7 cm³/mol. The topological polar surface area (TPSA) is 72.6 Å². The van der Waals surface area contributed by atoms with E-state index in [1.54, 1.807) is 0 Å². The zero-order chi connectivity index (χ0) is 10.6. The fourth-order valence-corrected chi connectivity index (χ4v) is 0.979. The van der Waals surface area contributed by atoms with Gasteiger partial charge in [0.1, 0.15) is 11.5 Å². The highest BCUT2D eigenvalue weighted by atomic mass is 16.6. The summed E-state index contributed by atoms with van der Waals surface area (Å²) in [7, 11) is 1.43. The molecule has 1 aromatic rings. The lowest BCUT2D eigenvalue weighted by Gasteiger charge is -2.03. The Morgan fingerprint density at radius 2 is 2.29 bits per heavy atom. The minimum atomic E-state index is -0.563. The smallest absolute Gasteiger partial charge is 0.235 e. The first-order valence-corrected chi connectivity index (χ1v) is 3.82. The number of phenols is 1. The van der Waals surface area contributed by atoms with Gasteiger partial charge in [0, 0.05) is 17.7 Å². The normalized spacial score (nSPS) is 10.4. The number of benzene rings is 1. The van der Waals surface area contributed by atoms with E-state index >= 15 is 0 Å². The summed E-state index contributed by atoms with van der Waals surface area (Å²) in [6.07, 6.45) is 2.12. The molecule has 74 valence electrons. The third kappa shape index (κ3) is 2.48. The molecule has 1 N–H and O–H groups in total. The standard InChI is InChI=1S/C9H9NO4/c1-14-9-6-8(11)3-2-7(9)4-5-10(12)13/h2-6,11H,1H3. The van der Waals surface area contributed by atoms with E-state index in [0.29, 0.717) is 11.3 Å². The molecule has 0 aromatic heterocycles. The summed E-state index contributed by atoms with van der Waals surface area (Å²) in [5.41, 5.74) is 0.544. The number of nitrogens with zero attached hydrogens (tertiary/aromatic N) is 1. The number of aromatic hydroxyl groups is 1. The first kappa shape index (κ1) is 10.0. The number of hydrogen-bond acceptors (Lipinski definition) is 4. The molecule has 1 rings (SSSR count). The molecule has 0 saturated carbocycles. The predicted octanol–water partition coefficient (Wildman–Crippen LogP) is 1.65. The van der Waals surface area contributed by atoms with Gasteiger partial charge >= 0.3 is 0 Å². The van der Waals surface area contributed by atoms with Crippen molar-refractivity contribution in [3.63, 3.8) is 0 Å². The van der Waals surface area contributed by atoms with E-state index in [1.165, 1.54) is 31.4 Å². The van der Waals surface area contributed by atoms with Gasteiger partial charge in [0.2, 0.25) is 6.20 Å². The molecule has 0 aliphatic carbocycles. The van der Waals surface area contributed by atoms with Gasteiger partial charge in [-0.2, -0.15) is 0 Å². The van der Waals surface area contributed by atoms with E-state index in [0.717, 1.165) is 6.20 Å². The van der Waals surface area contributed by atoms with Crippen molar-refractivity contribution in [2.45, 2.75) is 0 Å². The van der Waals surface area contributed by atoms with Crippen molar-refractivity contribution in [1.82, 2.24) is 0 Å². The van der Waals surface area contributed by atoms with E-state index in [9.17, 15) is 10.1 Å². The second-order valence-electron chi connectivity index (χ2n) is 2.53. The number of phenolic OH excluding ortho intramolecular Hbond substituents is 1. The van der Waals surface area contributed by atoms with E-state index in [2.05, 4.69) is 0 Å². The third-order valence-corrected chi connectivity index (χ3v) is 1.59. The lowest BCUT2D eigenvalue weighted by Crippen LogP contribution is -1.88. The zero-order valence-electron chi connectivity index (χ0n) is 7.51. The number of nitro groups is 1. The van der Waals surface area contributed by atoms with Gasteiger partial charge in [-0.25, -0.2) is 0 Å². The number of methoxy groups -OCH3 is 1. The Hall–Kier alpha value is -2.04. The van der Waals surface area contributed by atoms with Crippen LogP contribution in [-0.4, -0.2) is 17.1 Å². The lowest BCUT2D eigenvalue weighted by molar-refractivity contribution is -0.400. The van der Waals surface area contributed by atoms with Crippen LogP contribution >= 0.6 is 0 Å². The molecule has 5 heteroatoms. The molecule has 0 spiro atoms. The highest BCUT2D eigenvalue weighted by molar-refractivity contribution is 5.58. The van der Waals surface area contributed by atoms with Crippen LogP contribution in [0.25, 0.3) is 6.08 Å². The monoisotopic (exact) mass is 195 g/mol. The molecule has 0 atom stereocenters. The summed E-state index contributed by atoms with van der Waals surface area (Å²) >= 11 is 0. The molecular formula is C9H9NO4. The van der Waals surface area contributed by atoms with Gasteiger partial charge in [0.05, 0.1) is 12.0 Å². The number of ether oxygens (including phenoxy) is 1. The van der Waals surface area contributed by atoms with Crippen LogP contribution in [0.1, 0.15) is 5.56 Å². The summed E-state index contributed by atoms with van der Waals surface area (Å²) < 4.78 is 4.92. The van der Waals surface area contributed by atoms with Gasteiger partial charge in [-0.15, -0.1) is 0 Å². The zero-order valence-corrected chi connectivity index (χ0v) is 7.51. The summed E-state index contributed by atoms with van der Waals surface area (Å²) in [6, 6.07) is 4.36. The Morgan fingerprint density at radius 3 is 2.86 bits per heavy atom. The van der Waals surface area contributed by atoms with Gasteiger partial charge in [-0.1, -0.05) is 0 Å². The minimum Gasteiger partial charge on any atom is -0.508 e. The van der Waals surface area contributed by atoms with Crippen molar-refractivity contribution in [3.05, 3.63) is 40.1 Å². The quantitative estimate of drug-likeness (QED) is 0.587. The highest BCUT2D eigenvalue weighted by Gasteiger charge is 2.01. The maximum absolute atomic E-state index is 10.1. The first-order valence-electron chi connectivity index (χ1n) is 3.82. The maximum atomic E-state index is 10.1. The summed E-state index contributed by atoms with van der Waals surface area (Å²) in [6.45, 7) is 0. The van der Waals surface area contributed by atoms with Crippen LogP contribution in [0.2, 0.25) is 0 Å². The minimum absolute atomic E-state index is 0.0557. The molecule has 0 saturated heterocycles. The van der Waals surface area contributed by atoms with Crippen LogP contribution in [0.15, 0.2) is 24.4 Å². The van der Waals surface area contributed by atoms with Gasteiger partial charge in [0.25, 0.3) is 0 Å². The van der Waals surface area contributed by atoms with Crippen LogP contribution < -0.4 is 4.74 Å². The number of hydrogen-bond donors (Lipinski definition) is 1. The Balaban J connectivity index is 3.02. The van der Waals surface area contributed by atoms with E-state index < -0.39 is 4.92 Å². The Bertz CT molecular complexity index is 373. The summed E-state index contributed by atoms with van der Waals surface area (Å²) in [5.74, 6) is 0.447. The van der Waals surface area contributed by atoms with Crippen molar-refractivity contribution in [2.24, 2.45) is 0 Å². The molecule has 5 nitrogen and oxygen atoms in total. The number of rotatable bonds is 3. The average Bonchev–Trinajstić information content (AvgIpc) is 2.15. The second-order valence-corrected chi connectivity index (χ2v) is 2.53. The van der Waals surface area contributed by atoms with E-state index in [4.69, 9.17) is 9.84 Å². The molecule has 0 aliphatic rings. The molecule has 1 aromatic carbocycles. The molecule has 14 heavy (non-hydrogen) atoms. The van der Waals surface area contributed by atoms with Crippen molar-refractivity contribution in [3.8, 4) is 11.5 Å². The average molecular weight is 195 g/mol. The van der Waals surface area contributed by atoms with Crippen LogP contribution in [0.4, 0.5) is 0 Å². The molecule has 0 heterocycles. The van der Waals surface area contributed by atoms with Gasteiger partial charge in [0.15, 0.2) is 0 Å². The molecule has 0 bridgehead atoms. The molecule has 0 unspecified atom stereocenters. The van der Waals surface area contributed by atoms with Crippen LogP contribution in [0.3, 0.4) is 0 Å². The highest BCUT2D eigenvalue weighted by Crippen LogP contribution is 2.24. The Labute approximate surface area is 80.4 Å². The summed E-state index contributed by atoms with van der Waals surface area (Å²) in [4.78, 5) is 9.50. The fraction of sp³-hybridized carbons (Fsp3) is 0.111.